The molecule has 2 atom stereocenters. The molecule has 0 aromatic heterocycles. The average molecular weight is 303 g/mol. The number of carbonyl (C=O) groups is 2. The van der Waals surface area contributed by atoms with Crippen molar-refractivity contribution in [2.24, 2.45) is 5.92 Å². The molecule has 0 saturated heterocycles. The summed E-state index contributed by atoms with van der Waals surface area (Å²) < 4.78 is 0. The third kappa shape index (κ3) is 6.52. The van der Waals surface area contributed by atoms with E-state index in [1.807, 2.05) is 50.5 Å². The quantitative estimate of drug-likeness (QED) is 0.762. The van der Waals surface area contributed by atoms with Crippen LogP contribution in [0.25, 0.3) is 0 Å². The number of rotatable bonds is 8. The van der Waals surface area contributed by atoms with Gasteiger partial charge in [0.15, 0.2) is 0 Å². The molecule has 0 heterocycles. The minimum Gasteiger partial charge on any atom is -0.345 e. The van der Waals surface area contributed by atoms with Crippen molar-refractivity contribution < 1.29 is 14.4 Å². The zero-order valence-corrected chi connectivity index (χ0v) is 13.3. The maximum absolute atomic E-state index is 12.3. The Morgan fingerprint density at radius 3 is 2.27 bits per heavy atom. The Labute approximate surface area is 131 Å². The Kier molecular flexibility index (Phi) is 7.29. The topological polar surface area (TPSA) is 75.3 Å². The van der Waals surface area contributed by atoms with Crippen molar-refractivity contribution in [3.05, 3.63) is 35.9 Å². The van der Waals surface area contributed by atoms with Gasteiger partial charge in [-0.2, -0.15) is 0 Å². The second-order valence-electron chi connectivity index (χ2n) is 5.75. The highest BCUT2D eigenvalue weighted by Gasteiger charge is 2.23. The summed E-state index contributed by atoms with van der Waals surface area (Å²) in [5, 5.41) is 5.27. The molecular weight excluding hydrogens is 280 g/mol. The number of carbonyl (C=O) groups excluding carboxylic acids is 3. The van der Waals surface area contributed by atoms with Gasteiger partial charge in [0.2, 0.25) is 18.1 Å². The fourth-order valence-electron chi connectivity index (χ4n) is 2.19. The Morgan fingerprint density at radius 1 is 1.14 bits per heavy atom. The maximum Gasteiger partial charge on any atom is 0.243 e. The molecule has 1 aromatic rings. The summed E-state index contributed by atoms with van der Waals surface area (Å²) in [4.78, 5) is 34.6. The molecule has 0 bridgehead atoms. The SMILES string of the molecule is CC(=O)N[C@@H](CC(C)C)C(=O)N[C@H]([C]=O)Cc1ccccc1. The fraction of sp³-hybridized carbons (Fsp3) is 0.471. The van der Waals surface area contributed by atoms with Crippen molar-refractivity contribution in [1.82, 2.24) is 10.6 Å². The predicted molar refractivity (Wildman–Crippen MR) is 84.8 cm³/mol. The zero-order chi connectivity index (χ0) is 16.5. The molecule has 1 rings (SSSR count). The summed E-state index contributed by atoms with van der Waals surface area (Å²) >= 11 is 0. The molecule has 5 heteroatoms. The first-order valence-electron chi connectivity index (χ1n) is 7.41. The molecule has 2 N–H and O–H groups in total. The zero-order valence-electron chi connectivity index (χ0n) is 13.3. The number of benzene rings is 1. The largest absolute Gasteiger partial charge is 0.345 e. The van der Waals surface area contributed by atoms with Crippen molar-refractivity contribution in [2.75, 3.05) is 0 Å². The van der Waals surface area contributed by atoms with E-state index < -0.39 is 12.1 Å². The molecule has 0 aliphatic heterocycles. The smallest absolute Gasteiger partial charge is 0.243 e. The third-order valence-corrected chi connectivity index (χ3v) is 3.14. The van der Waals surface area contributed by atoms with Crippen LogP contribution in [0.4, 0.5) is 0 Å². The van der Waals surface area contributed by atoms with E-state index in [1.165, 1.54) is 6.92 Å². The summed E-state index contributed by atoms with van der Waals surface area (Å²) in [6.45, 7) is 5.30. The summed E-state index contributed by atoms with van der Waals surface area (Å²) in [5.74, 6) is -0.376. The van der Waals surface area contributed by atoms with Gasteiger partial charge in [0.25, 0.3) is 0 Å². The van der Waals surface area contributed by atoms with Crippen LogP contribution in [-0.4, -0.2) is 30.2 Å². The molecule has 0 spiro atoms. The van der Waals surface area contributed by atoms with E-state index in [0.29, 0.717) is 12.8 Å². The van der Waals surface area contributed by atoms with Gasteiger partial charge in [0, 0.05) is 13.3 Å². The van der Waals surface area contributed by atoms with Gasteiger partial charge in [-0.1, -0.05) is 44.2 Å². The van der Waals surface area contributed by atoms with Crippen LogP contribution in [0.15, 0.2) is 30.3 Å². The van der Waals surface area contributed by atoms with Crippen molar-refractivity contribution in [3.63, 3.8) is 0 Å². The van der Waals surface area contributed by atoms with Gasteiger partial charge in [-0.3, -0.25) is 14.4 Å². The van der Waals surface area contributed by atoms with Crippen LogP contribution >= 0.6 is 0 Å². The van der Waals surface area contributed by atoms with Gasteiger partial charge in [0.05, 0.1) is 6.04 Å². The number of amides is 2. The highest BCUT2D eigenvalue weighted by Crippen LogP contribution is 2.07. The van der Waals surface area contributed by atoms with E-state index in [9.17, 15) is 14.4 Å². The van der Waals surface area contributed by atoms with E-state index >= 15 is 0 Å². The van der Waals surface area contributed by atoms with Gasteiger partial charge in [-0.05, 0) is 17.9 Å². The molecular formula is C17H23N2O3. The highest BCUT2D eigenvalue weighted by molar-refractivity contribution is 5.88. The Bertz CT molecular complexity index is 500. The van der Waals surface area contributed by atoms with Gasteiger partial charge >= 0.3 is 0 Å². The first kappa shape index (κ1) is 17.9. The first-order chi connectivity index (χ1) is 10.4. The van der Waals surface area contributed by atoms with Gasteiger partial charge in [-0.15, -0.1) is 0 Å². The van der Waals surface area contributed by atoms with E-state index in [2.05, 4.69) is 10.6 Å². The predicted octanol–water partition coefficient (Wildman–Crippen LogP) is 1.37. The Morgan fingerprint density at radius 2 is 1.77 bits per heavy atom. The molecule has 2 amide bonds. The lowest BCUT2D eigenvalue weighted by atomic mass is 10.0. The number of hydrogen-bond acceptors (Lipinski definition) is 3. The summed E-state index contributed by atoms with van der Waals surface area (Å²) in [5.41, 5.74) is 0.941. The molecule has 5 nitrogen and oxygen atoms in total. The van der Waals surface area contributed by atoms with E-state index in [1.54, 1.807) is 0 Å². The summed E-state index contributed by atoms with van der Waals surface area (Å²) in [6, 6.07) is 8.04. The lowest BCUT2D eigenvalue weighted by Crippen LogP contribution is -2.50. The number of hydrogen-bond donors (Lipinski definition) is 2. The van der Waals surface area contributed by atoms with E-state index in [-0.39, 0.29) is 17.7 Å². The fourth-order valence-corrected chi connectivity index (χ4v) is 2.19. The van der Waals surface area contributed by atoms with E-state index in [4.69, 9.17) is 0 Å². The Balaban J connectivity index is 2.68. The average Bonchev–Trinajstić information content (AvgIpc) is 2.45. The van der Waals surface area contributed by atoms with Crippen molar-refractivity contribution >= 4 is 18.1 Å². The summed E-state index contributed by atoms with van der Waals surface area (Å²) in [7, 11) is 0. The van der Waals surface area contributed by atoms with Crippen LogP contribution in [0.2, 0.25) is 0 Å². The van der Waals surface area contributed by atoms with Crippen LogP contribution in [0.3, 0.4) is 0 Å². The van der Waals surface area contributed by atoms with Crippen LogP contribution in [0.1, 0.15) is 32.8 Å². The molecule has 22 heavy (non-hydrogen) atoms. The van der Waals surface area contributed by atoms with Crippen molar-refractivity contribution in [1.29, 1.82) is 0 Å². The second-order valence-corrected chi connectivity index (χ2v) is 5.75. The maximum atomic E-state index is 12.3. The standard InChI is InChI=1S/C17H23N2O3/c1-12(2)9-16(18-13(3)21)17(22)19-15(11-20)10-14-7-5-4-6-8-14/h4-8,12,15-16H,9-10H2,1-3H3,(H,18,21)(H,19,22)/t15-,16-/m0/s1. The second kappa shape index (κ2) is 8.97. The summed E-state index contributed by atoms with van der Waals surface area (Å²) in [6.07, 6.45) is 2.74. The molecule has 0 aliphatic rings. The lowest BCUT2D eigenvalue weighted by molar-refractivity contribution is -0.128. The monoisotopic (exact) mass is 303 g/mol. The normalized spacial score (nSPS) is 13.3. The highest BCUT2D eigenvalue weighted by atomic mass is 16.2. The van der Waals surface area contributed by atoms with Crippen molar-refractivity contribution in [3.8, 4) is 0 Å². The molecule has 0 fully saturated rings. The number of nitrogens with one attached hydrogen (secondary N) is 2. The molecule has 0 saturated carbocycles. The van der Waals surface area contributed by atoms with Crippen LogP contribution < -0.4 is 10.6 Å². The van der Waals surface area contributed by atoms with Gasteiger partial charge in [0.1, 0.15) is 6.04 Å². The van der Waals surface area contributed by atoms with Crippen LogP contribution in [-0.2, 0) is 20.8 Å². The lowest BCUT2D eigenvalue weighted by Gasteiger charge is -2.21. The van der Waals surface area contributed by atoms with Gasteiger partial charge < -0.3 is 10.6 Å². The Hall–Kier alpha value is -2.17. The van der Waals surface area contributed by atoms with E-state index in [0.717, 1.165) is 5.56 Å². The van der Waals surface area contributed by atoms with Crippen LogP contribution in [0, 0.1) is 5.92 Å². The minimum atomic E-state index is -0.724. The molecule has 1 aromatic carbocycles. The van der Waals surface area contributed by atoms with Crippen molar-refractivity contribution in [2.45, 2.75) is 45.7 Å². The van der Waals surface area contributed by atoms with Crippen LogP contribution in [0.5, 0.6) is 0 Å². The molecule has 0 unspecified atom stereocenters. The molecule has 119 valence electrons. The third-order valence-electron chi connectivity index (χ3n) is 3.14. The molecule has 1 radical (unpaired) electrons. The molecule has 0 aliphatic carbocycles. The minimum absolute atomic E-state index is 0.246. The van der Waals surface area contributed by atoms with Gasteiger partial charge in [-0.25, -0.2) is 0 Å². The first-order valence-corrected chi connectivity index (χ1v) is 7.41.